The Labute approximate surface area is 154 Å². The van der Waals surface area contributed by atoms with Crippen molar-refractivity contribution < 1.29 is 19.4 Å². The number of ether oxygens (including phenoxy) is 2. The Balaban J connectivity index is 1.82. The summed E-state index contributed by atoms with van der Waals surface area (Å²) >= 11 is 0. The third-order valence-electron chi connectivity index (χ3n) is 5.19. The maximum Gasteiger partial charge on any atom is 0.274 e. The van der Waals surface area contributed by atoms with Crippen molar-refractivity contribution in [3.8, 4) is 0 Å². The van der Waals surface area contributed by atoms with E-state index in [1.165, 1.54) is 0 Å². The summed E-state index contributed by atoms with van der Waals surface area (Å²) in [6.07, 6.45) is 0.699. The van der Waals surface area contributed by atoms with Gasteiger partial charge in [-0.3, -0.25) is 14.4 Å². The molecule has 0 saturated carbocycles. The molecule has 1 N–H and O–H groups in total. The Morgan fingerprint density at radius 1 is 1.27 bits per heavy atom. The second-order valence-corrected chi connectivity index (χ2v) is 7.08. The van der Waals surface area contributed by atoms with Crippen LogP contribution in [0.25, 0.3) is 0 Å². The average molecular weight is 366 g/mol. The molecular weight excluding hydrogens is 336 g/mol. The second kappa shape index (κ2) is 8.47. The molecular formula is C18H30N4O4. The normalized spacial score (nSPS) is 23.9. The lowest BCUT2D eigenvalue weighted by molar-refractivity contribution is -0.0102. The van der Waals surface area contributed by atoms with Crippen molar-refractivity contribution in [2.75, 3.05) is 53.0 Å². The molecule has 8 heteroatoms. The zero-order valence-electron chi connectivity index (χ0n) is 16.0. The van der Waals surface area contributed by atoms with Crippen LogP contribution in [0.5, 0.6) is 0 Å². The van der Waals surface area contributed by atoms with Gasteiger partial charge < -0.3 is 19.5 Å². The summed E-state index contributed by atoms with van der Waals surface area (Å²) in [7, 11) is 1.66. The molecule has 1 amide bonds. The van der Waals surface area contributed by atoms with E-state index >= 15 is 0 Å². The van der Waals surface area contributed by atoms with E-state index in [-0.39, 0.29) is 24.7 Å². The molecule has 0 spiro atoms. The van der Waals surface area contributed by atoms with Crippen LogP contribution in [-0.4, -0.2) is 89.7 Å². The molecule has 2 aliphatic rings. The van der Waals surface area contributed by atoms with Gasteiger partial charge in [0.25, 0.3) is 5.91 Å². The van der Waals surface area contributed by atoms with Crippen LogP contribution in [0, 0.1) is 0 Å². The van der Waals surface area contributed by atoms with E-state index in [2.05, 4.69) is 10.00 Å². The highest BCUT2D eigenvalue weighted by Crippen LogP contribution is 2.32. The molecule has 0 aliphatic carbocycles. The predicted molar refractivity (Wildman–Crippen MR) is 96.2 cm³/mol. The molecule has 1 saturated heterocycles. The number of aromatic nitrogens is 2. The second-order valence-electron chi connectivity index (χ2n) is 7.08. The topological polar surface area (TPSA) is 80.1 Å². The number of hydrogen-bond acceptors (Lipinski definition) is 6. The number of carbonyl (C=O) groups is 1. The van der Waals surface area contributed by atoms with Crippen LogP contribution in [0.3, 0.4) is 0 Å². The highest BCUT2D eigenvalue weighted by molar-refractivity contribution is 5.94. The number of carbonyl (C=O) groups excluding carboxylic acids is 1. The van der Waals surface area contributed by atoms with Crippen LogP contribution in [-0.2, 0) is 22.4 Å². The number of fused-ring (bicyclic) bond motifs is 1. The SMILES string of the molecule is COCCn1nc(C(=O)N2CCN(CCO)CC2)c2c1[C@H](C)O[C@H](C)C2. The quantitative estimate of drug-likeness (QED) is 0.780. The highest BCUT2D eigenvalue weighted by atomic mass is 16.5. The molecule has 26 heavy (non-hydrogen) atoms. The van der Waals surface area contributed by atoms with Gasteiger partial charge in [-0.05, 0) is 13.8 Å². The molecule has 2 atom stereocenters. The third-order valence-corrected chi connectivity index (χ3v) is 5.19. The summed E-state index contributed by atoms with van der Waals surface area (Å²) in [4.78, 5) is 17.2. The summed E-state index contributed by atoms with van der Waals surface area (Å²) in [5.41, 5.74) is 2.59. The Morgan fingerprint density at radius 2 is 2.00 bits per heavy atom. The summed E-state index contributed by atoms with van der Waals surface area (Å²) in [5.74, 6) is 0.00219. The number of piperazine rings is 1. The van der Waals surface area contributed by atoms with Gasteiger partial charge in [0.1, 0.15) is 0 Å². The highest BCUT2D eigenvalue weighted by Gasteiger charge is 2.34. The van der Waals surface area contributed by atoms with Crippen LogP contribution < -0.4 is 0 Å². The summed E-state index contributed by atoms with van der Waals surface area (Å²) < 4.78 is 13.0. The number of nitrogens with zero attached hydrogens (tertiary/aromatic N) is 4. The number of hydrogen-bond donors (Lipinski definition) is 1. The van der Waals surface area contributed by atoms with Crippen LogP contribution in [0.1, 0.15) is 41.7 Å². The first-order chi connectivity index (χ1) is 12.5. The van der Waals surface area contributed by atoms with Gasteiger partial charge in [-0.15, -0.1) is 0 Å². The van der Waals surface area contributed by atoms with Crippen molar-refractivity contribution in [1.82, 2.24) is 19.6 Å². The fraction of sp³-hybridized carbons (Fsp3) is 0.778. The van der Waals surface area contributed by atoms with E-state index in [1.807, 2.05) is 23.4 Å². The van der Waals surface area contributed by atoms with Gasteiger partial charge in [-0.25, -0.2) is 0 Å². The van der Waals surface area contributed by atoms with Crippen molar-refractivity contribution >= 4 is 5.91 Å². The molecule has 0 bridgehead atoms. The molecule has 1 aromatic rings. The number of aliphatic hydroxyl groups excluding tert-OH is 1. The van der Waals surface area contributed by atoms with Crippen molar-refractivity contribution in [2.24, 2.45) is 0 Å². The van der Waals surface area contributed by atoms with Gasteiger partial charge in [0.2, 0.25) is 0 Å². The van der Waals surface area contributed by atoms with Crippen molar-refractivity contribution in [3.05, 3.63) is 17.0 Å². The summed E-state index contributed by atoms with van der Waals surface area (Å²) in [6.45, 7) is 8.93. The van der Waals surface area contributed by atoms with Gasteiger partial charge in [0.05, 0.1) is 37.7 Å². The van der Waals surface area contributed by atoms with Gasteiger partial charge >= 0.3 is 0 Å². The number of rotatable bonds is 6. The lowest BCUT2D eigenvalue weighted by Crippen LogP contribution is -2.49. The maximum absolute atomic E-state index is 13.1. The van der Waals surface area contributed by atoms with E-state index in [0.29, 0.717) is 44.9 Å². The Hall–Kier alpha value is -1.48. The first-order valence-electron chi connectivity index (χ1n) is 9.41. The number of β-amino-alcohol motifs (C(OH)–C–C–N with tert-alkyl or cyclic N) is 1. The van der Waals surface area contributed by atoms with Gasteiger partial charge in [-0.1, -0.05) is 0 Å². The smallest absolute Gasteiger partial charge is 0.274 e. The molecule has 1 fully saturated rings. The minimum Gasteiger partial charge on any atom is -0.395 e. The fourth-order valence-corrected chi connectivity index (χ4v) is 3.90. The lowest BCUT2D eigenvalue weighted by atomic mass is 9.99. The Kier molecular flexibility index (Phi) is 6.29. The number of aliphatic hydroxyl groups is 1. The molecule has 0 radical (unpaired) electrons. The van der Waals surface area contributed by atoms with Crippen LogP contribution in [0.15, 0.2) is 0 Å². The molecule has 3 heterocycles. The first-order valence-corrected chi connectivity index (χ1v) is 9.41. The van der Waals surface area contributed by atoms with Crippen LogP contribution in [0.2, 0.25) is 0 Å². The number of methoxy groups -OCH3 is 1. The van der Waals surface area contributed by atoms with Gasteiger partial charge in [0.15, 0.2) is 5.69 Å². The van der Waals surface area contributed by atoms with E-state index in [1.54, 1.807) is 7.11 Å². The summed E-state index contributed by atoms with van der Waals surface area (Å²) in [6, 6.07) is 0. The van der Waals surface area contributed by atoms with E-state index in [9.17, 15) is 4.79 Å². The molecule has 0 unspecified atom stereocenters. The van der Waals surface area contributed by atoms with E-state index in [0.717, 1.165) is 24.3 Å². The molecule has 0 aromatic carbocycles. The zero-order chi connectivity index (χ0) is 18.7. The van der Waals surface area contributed by atoms with Crippen molar-refractivity contribution in [1.29, 1.82) is 0 Å². The Morgan fingerprint density at radius 3 is 2.65 bits per heavy atom. The minimum absolute atomic E-state index is 0.00219. The van der Waals surface area contributed by atoms with E-state index in [4.69, 9.17) is 14.6 Å². The third kappa shape index (κ3) is 3.93. The maximum atomic E-state index is 13.1. The molecule has 8 nitrogen and oxygen atoms in total. The summed E-state index contributed by atoms with van der Waals surface area (Å²) in [5, 5.41) is 13.7. The number of amides is 1. The molecule has 1 aromatic heterocycles. The van der Waals surface area contributed by atoms with Crippen molar-refractivity contribution in [2.45, 2.75) is 39.0 Å². The minimum atomic E-state index is -0.0824. The monoisotopic (exact) mass is 366 g/mol. The van der Waals surface area contributed by atoms with Crippen LogP contribution in [0.4, 0.5) is 0 Å². The van der Waals surface area contributed by atoms with Gasteiger partial charge in [-0.2, -0.15) is 5.10 Å². The first kappa shape index (κ1) is 19.3. The standard InChI is InChI=1S/C18H30N4O4/c1-13-12-15-16(18(24)21-6-4-20(5-7-21)8-10-23)19-22(9-11-25-3)17(15)14(2)26-13/h13-14,23H,4-12H2,1-3H3/t13-,14+/m1/s1. The Bertz CT molecular complexity index is 625. The van der Waals surface area contributed by atoms with Crippen LogP contribution >= 0.6 is 0 Å². The molecule has 146 valence electrons. The predicted octanol–water partition coefficient (Wildman–Crippen LogP) is 0.302. The van der Waals surface area contributed by atoms with E-state index < -0.39 is 0 Å². The lowest BCUT2D eigenvalue weighted by Gasteiger charge is -2.34. The average Bonchev–Trinajstić information content (AvgIpc) is 2.99. The van der Waals surface area contributed by atoms with Crippen molar-refractivity contribution in [3.63, 3.8) is 0 Å². The largest absolute Gasteiger partial charge is 0.395 e. The molecule has 2 aliphatic heterocycles. The van der Waals surface area contributed by atoms with Gasteiger partial charge in [0, 0.05) is 51.8 Å². The fourth-order valence-electron chi connectivity index (χ4n) is 3.90. The molecule has 3 rings (SSSR count). The zero-order valence-corrected chi connectivity index (χ0v) is 16.0.